The Morgan fingerprint density at radius 1 is 1.19 bits per heavy atom. The summed E-state index contributed by atoms with van der Waals surface area (Å²) in [6.07, 6.45) is 5.61. The highest BCUT2D eigenvalue weighted by atomic mass is 16.4. The molecule has 0 amide bonds. The van der Waals surface area contributed by atoms with Gasteiger partial charge in [0, 0.05) is 5.92 Å². The SMILES string of the molecule is CCC(CC)(C(=O)O)C1CCCCCC1O. The minimum atomic E-state index is -0.733. The average Bonchev–Trinajstić information content (AvgIpc) is 2.47. The summed E-state index contributed by atoms with van der Waals surface area (Å²) in [5, 5.41) is 19.6. The predicted molar refractivity (Wildman–Crippen MR) is 63.2 cm³/mol. The molecule has 2 N–H and O–H groups in total. The highest BCUT2D eigenvalue weighted by molar-refractivity contribution is 5.75. The van der Waals surface area contributed by atoms with Crippen molar-refractivity contribution in [3.05, 3.63) is 0 Å². The summed E-state index contributed by atoms with van der Waals surface area (Å²) in [6.45, 7) is 3.85. The van der Waals surface area contributed by atoms with E-state index in [1.807, 2.05) is 13.8 Å². The summed E-state index contributed by atoms with van der Waals surface area (Å²) in [7, 11) is 0. The minimum Gasteiger partial charge on any atom is -0.481 e. The van der Waals surface area contributed by atoms with Gasteiger partial charge in [-0.2, -0.15) is 0 Å². The van der Waals surface area contributed by atoms with Crippen molar-refractivity contribution in [1.29, 1.82) is 0 Å². The molecule has 0 spiro atoms. The first kappa shape index (κ1) is 13.5. The molecule has 2 atom stereocenters. The Morgan fingerprint density at radius 2 is 1.75 bits per heavy atom. The smallest absolute Gasteiger partial charge is 0.309 e. The maximum atomic E-state index is 11.5. The van der Waals surface area contributed by atoms with Crippen molar-refractivity contribution < 1.29 is 15.0 Å². The minimum absolute atomic E-state index is 0.0671. The summed E-state index contributed by atoms with van der Waals surface area (Å²) in [6, 6.07) is 0. The van der Waals surface area contributed by atoms with Gasteiger partial charge in [-0.15, -0.1) is 0 Å². The third-order valence-electron chi connectivity index (χ3n) is 4.38. The number of aliphatic hydroxyl groups is 1. The standard InChI is InChI=1S/C13H24O3/c1-3-13(4-2,12(15)16)10-8-6-5-7-9-11(10)14/h10-11,14H,3-9H2,1-2H3,(H,15,16). The molecule has 0 radical (unpaired) electrons. The first-order chi connectivity index (χ1) is 7.58. The lowest BCUT2D eigenvalue weighted by Gasteiger charge is -2.38. The van der Waals surface area contributed by atoms with Crippen LogP contribution in [0.4, 0.5) is 0 Å². The second-order valence-corrected chi connectivity index (χ2v) is 4.98. The van der Waals surface area contributed by atoms with Gasteiger partial charge in [0.1, 0.15) is 0 Å². The van der Waals surface area contributed by atoms with E-state index in [0.29, 0.717) is 12.8 Å². The molecule has 0 saturated heterocycles. The van der Waals surface area contributed by atoms with Crippen LogP contribution in [0.25, 0.3) is 0 Å². The lowest BCUT2D eigenvalue weighted by molar-refractivity contribution is -0.157. The number of aliphatic hydroxyl groups excluding tert-OH is 1. The zero-order chi connectivity index (χ0) is 12.2. The van der Waals surface area contributed by atoms with Crippen molar-refractivity contribution in [2.45, 2.75) is 64.9 Å². The first-order valence-electron chi connectivity index (χ1n) is 6.50. The summed E-state index contributed by atoms with van der Waals surface area (Å²) in [4.78, 5) is 11.5. The van der Waals surface area contributed by atoms with Crippen molar-refractivity contribution in [3.8, 4) is 0 Å². The quantitative estimate of drug-likeness (QED) is 0.727. The molecule has 1 saturated carbocycles. The number of hydrogen-bond donors (Lipinski definition) is 2. The molecule has 94 valence electrons. The van der Waals surface area contributed by atoms with E-state index in [9.17, 15) is 15.0 Å². The van der Waals surface area contributed by atoms with E-state index in [4.69, 9.17) is 0 Å². The van der Waals surface area contributed by atoms with Crippen molar-refractivity contribution in [1.82, 2.24) is 0 Å². The molecule has 1 aliphatic carbocycles. The second kappa shape index (κ2) is 5.67. The number of rotatable bonds is 4. The van der Waals surface area contributed by atoms with Gasteiger partial charge in [-0.1, -0.05) is 33.1 Å². The van der Waals surface area contributed by atoms with Gasteiger partial charge in [0.05, 0.1) is 11.5 Å². The molecular formula is C13H24O3. The molecule has 1 aliphatic rings. The van der Waals surface area contributed by atoms with Crippen molar-refractivity contribution in [2.24, 2.45) is 11.3 Å². The second-order valence-electron chi connectivity index (χ2n) is 4.98. The highest BCUT2D eigenvalue weighted by Gasteiger charge is 2.45. The number of carboxylic acids is 1. The summed E-state index contributed by atoms with van der Waals surface area (Å²) in [5.41, 5.74) is -0.718. The predicted octanol–water partition coefficient (Wildman–Crippen LogP) is 2.82. The van der Waals surface area contributed by atoms with Gasteiger partial charge in [-0.3, -0.25) is 4.79 Å². The average molecular weight is 228 g/mol. The number of aliphatic carboxylic acids is 1. The van der Waals surface area contributed by atoms with E-state index >= 15 is 0 Å². The summed E-state index contributed by atoms with van der Waals surface area (Å²) < 4.78 is 0. The van der Waals surface area contributed by atoms with E-state index < -0.39 is 17.5 Å². The monoisotopic (exact) mass is 228 g/mol. The summed E-state index contributed by atoms with van der Waals surface area (Å²) in [5.74, 6) is -0.800. The highest BCUT2D eigenvalue weighted by Crippen LogP contribution is 2.43. The van der Waals surface area contributed by atoms with Crippen LogP contribution in [0.3, 0.4) is 0 Å². The zero-order valence-electron chi connectivity index (χ0n) is 10.4. The molecule has 0 aromatic heterocycles. The molecular weight excluding hydrogens is 204 g/mol. The molecule has 16 heavy (non-hydrogen) atoms. The molecule has 0 aliphatic heterocycles. The fourth-order valence-corrected chi connectivity index (χ4v) is 3.17. The van der Waals surface area contributed by atoms with Gasteiger partial charge in [-0.25, -0.2) is 0 Å². The molecule has 1 rings (SSSR count). The van der Waals surface area contributed by atoms with E-state index in [0.717, 1.165) is 32.1 Å². The lowest BCUT2D eigenvalue weighted by atomic mass is 9.67. The van der Waals surface area contributed by atoms with Crippen LogP contribution >= 0.6 is 0 Å². The van der Waals surface area contributed by atoms with Crippen LogP contribution in [-0.2, 0) is 4.79 Å². The molecule has 0 bridgehead atoms. The fourth-order valence-electron chi connectivity index (χ4n) is 3.17. The van der Waals surface area contributed by atoms with E-state index in [1.165, 1.54) is 0 Å². The molecule has 1 fully saturated rings. The van der Waals surface area contributed by atoms with Crippen LogP contribution in [-0.4, -0.2) is 22.3 Å². The zero-order valence-corrected chi connectivity index (χ0v) is 10.4. The molecule has 0 heterocycles. The van der Waals surface area contributed by atoms with Gasteiger partial charge in [0.25, 0.3) is 0 Å². The Kier molecular flexibility index (Phi) is 4.78. The van der Waals surface area contributed by atoms with Gasteiger partial charge < -0.3 is 10.2 Å². The number of carbonyl (C=O) groups is 1. The van der Waals surface area contributed by atoms with E-state index in [-0.39, 0.29) is 5.92 Å². The van der Waals surface area contributed by atoms with Crippen LogP contribution in [0.15, 0.2) is 0 Å². The fraction of sp³-hybridized carbons (Fsp3) is 0.923. The Labute approximate surface area is 97.9 Å². The van der Waals surface area contributed by atoms with Gasteiger partial charge in [-0.05, 0) is 25.7 Å². The van der Waals surface area contributed by atoms with E-state index in [1.54, 1.807) is 0 Å². The largest absolute Gasteiger partial charge is 0.481 e. The van der Waals surface area contributed by atoms with E-state index in [2.05, 4.69) is 0 Å². The lowest BCUT2D eigenvalue weighted by Crippen LogP contribution is -2.43. The molecule has 0 aromatic rings. The Hall–Kier alpha value is -0.570. The van der Waals surface area contributed by atoms with Gasteiger partial charge in [0.2, 0.25) is 0 Å². The van der Waals surface area contributed by atoms with Crippen molar-refractivity contribution in [3.63, 3.8) is 0 Å². The third-order valence-corrected chi connectivity index (χ3v) is 4.38. The Bertz CT molecular complexity index is 233. The molecule has 2 unspecified atom stereocenters. The number of carboxylic acid groups (broad SMARTS) is 1. The third kappa shape index (κ3) is 2.40. The molecule has 3 heteroatoms. The van der Waals surface area contributed by atoms with Crippen molar-refractivity contribution >= 4 is 5.97 Å². The van der Waals surface area contributed by atoms with Crippen LogP contribution in [0.1, 0.15) is 58.8 Å². The number of hydrogen-bond acceptors (Lipinski definition) is 2. The van der Waals surface area contributed by atoms with Crippen LogP contribution in [0.2, 0.25) is 0 Å². The van der Waals surface area contributed by atoms with Crippen LogP contribution in [0.5, 0.6) is 0 Å². The first-order valence-corrected chi connectivity index (χ1v) is 6.50. The Balaban J connectivity index is 2.94. The summed E-state index contributed by atoms with van der Waals surface area (Å²) >= 11 is 0. The molecule has 3 nitrogen and oxygen atoms in total. The normalized spacial score (nSPS) is 27.4. The maximum Gasteiger partial charge on any atom is 0.309 e. The topological polar surface area (TPSA) is 57.5 Å². The maximum absolute atomic E-state index is 11.5. The van der Waals surface area contributed by atoms with Crippen LogP contribution < -0.4 is 0 Å². The van der Waals surface area contributed by atoms with Gasteiger partial charge >= 0.3 is 5.97 Å². The molecule has 0 aromatic carbocycles. The van der Waals surface area contributed by atoms with Crippen molar-refractivity contribution in [2.75, 3.05) is 0 Å². The Morgan fingerprint density at radius 3 is 2.25 bits per heavy atom. The van der Waals surface area contributed by atoms with Gasteiger partial charge in [0.15, 0.2) is 0 Å². The van der Waals surface area contributed by atoms with Crippen LogP contribution in [0, 0.1) is 11.3 Å².